The molecule has 0 saturated carbocycles. The number of nitrogens with one attached hydrogen (secondary N) is 1. The third-order valence-corrected chi connectivity index (χ3v) is 1.72. The van der Waals surface area contributed by atoms with Crippen molar-refractivity contribution in [2.45, 2.75) is 6.92 Å². The number of benzene rings is 1. The van der Waals surface area contributed by atoms with Crippen LogP contribution in [-0.4, -0.2) is 19.1 Å². The summed E-state index contributed by atoms with van der Waals surface area (Å²) in [7, 11) is 0. The smallest absolute Gasteiger partial charge is 0.250 e. The quantitative estimate of drug-likeness (QED) is 0.808. The van der Waals surface area contributed by atoms with Crippen LogP contribution in [0, 0.1) is 17.5 Å². The Hall–Kier alpha value is -1.56. The second-order valence-corrected chi connectivity index (χ2v) is 2.93. The Kier molecular flexibility index (Phi) is 4.30. The molecule has 0 aromatic heterocycles. The van der Waals surface area contributed by atoms with Gasteiger partial charge in [0.2, 0.25) is 5.91 Å². The zero-order valence-electron chi connectivity index (χ0n) is 8.52. The molecule has 1 amide bonds. The Morgan fingerprint density at radius 1 is 1.25 bits per heavy atom. The molecule has 1 aromatic rings. The highest BCUT2D eigenvalue weighted by molar-refractivity contribution is 5.91. The standard InChI is InChI=1S/C10H10F3NO2/c1-2-16-5-10(15)14-9-4-7(12)6(11)3-8(9)13/h3-4H,2,5H2,1H3,(H,14,15). The largest absolute Gasteiger partial charge is 0.372 e. The monoisotopic (exact) mass is 233 g/mol. The summed E-state index contributed by atoms with van der Waals surface area (Å²) in [6.07, 6.45) is 0. The Balaban J connectivity index is 2.73. The Labute approximate surface area is 90.2 Å². The fourth-order valence-corrected chi connectivity index (χ4v) is 0.999. The van der Waals surface area contributed by atoms with Crippen LogP contribution in [0.15, 0.2) is 12.1 Å². The van der Waals surface area contributed by atoms with E-state index in [4.69, 9.17) is 4.74 Å². The minimum atomic E-state index is -1.31. The molecule has 16 heavy (non-hydrogen) atoms. The van der Waals surface area contributed by atoms with Crippen LogP contribution in [0.5, 0.6) is 0 Å². The first-order chi connectivity index (χ1) is 7.54. The van der Waals surface area contributed by atoms with Crippen molar-refractivity contribution in [1.29, 1.82) is 0 Å². The number of ether oxygens (including phenoxy) is 1. The highest BCUT2D eigenvalue weighted by atomic mass is 19.2. The van der Waals surface area contributed by atoms with Crippen molar-refractivity contribution in [2.75, 3.05) is 18.5 Å². The molecule has 0 heterocycles. The van der Waals surface area contributed by atoms with Crippen molar-refractivity contribution in [3.8, 4) is 0 Å². The van der Waals surface area contributed by atoms with Crippen LogP contribution < -0.4 is 5.32 Å². The summed E-state index contributed by atoms with van der Waals surface area (Å²) in [5.41, 5.74) is -0.413. The average Bonchev–Trinajstić information content (AvgIpc) is 2.23. The maximum atomic E-state index is 13.1. The molecule has 0 atom stereocenters. The summed E-state index contributed by atoms with van der Waals surface area (Å²) in [5.74, 6) is -4.20. The van der Waals surface area contributed by atoms with E-state index in [2.05, 4.69) is 5.32 Å². The number of amides is 1. The average molecular weight is 233 g/mol. The first-order valence-corrected chi connectivity index (χ1v) is 4.56. The molecule has 0 fully saturated rings. The van der Waals surface area contributed by atoms with Gasteiger partial charge in [0, 0.05) is 18.7 Å². The van der Waals surface area contributed by atoms with Gasteiger partial charge in [0.05, 0.1) is 5.69 Å². The van der Waals surface area contributed by atoms with E-state index in [1.165, 1.54) is 0 Å². The first-order valence-electron chi connectivity index (χ1n) is 4.56. The lowest BCUT2D eigenvalue weighted by Gasteiger charge is -2.06. The van der Waals surface area contributed by atoms with E-state index in [1.807, 2.05) is 0 Å². The summed E-state index contributed by atoms with van der Waals surface area (Å²) in [6.45, 7) is 1.74. The summed E-state index contributed by atoms with van der Waals surface area (Å²) in [6, 6.07) is 0.945. The van der Waals surface area contributed by atoms with Crippen LogP contribution in [0.1, 0.15) is 6.92 Å². The summed E-state index contributed by atoms with van der Waals surface area (Å²) in [4.78, 5) is 11.1. The summed E-state index contributed by atoms with van der Waals surface area (Å²) in [5, 5.41) is 2.07. The highest BCUT2D eigenvalue weighted by Gasteiger charge is 2.11. The number of hydrogen-bond donors (Lipinski definition) is 1. The molecule has 88 valence electrons. The highest BCUT2D eigenvalue weighted by Crippen LogP contribution is 2.18. The molecule has 0 aliphatic rings. The van der Waals surface area contributed by atoms with Crippen molar-refractivity contribution < 1.29 is 22.7 Å². The van der Waals surface area contributed by atoms with Gasteiger partial charge in [0.1, 0.15) is 12.4 Å². The number of hydrogen-bond acceptors (Lipinski definition) is 2. The number of carbonyl (C=O) groups is 1. The van der Waals surface area contributed by atoms with Gasteiger partial charge in [-0.05, 0) is 6.92 Å². The topological polar surface area (TPSA) is 38.3 Å². The van der Waals surface area contributed by atoms with Gasteiger partial charge in [-0.15, -0.1) is 0 Å². The van der Waals surface area contributed by atoms with E-state index < -0.39 is 29.0 Å². The lowest BCUT2D eigenvalue weighted by molar-refractivity contribution is -0.120. The molecular formula is C10H10F3NO2. The third-order valence-electron chi connectivity index (χ3n) is 1.72. The maximum Gasteiger partial charge on any atom is 0.250 e. The van der Waals surface area contributed by atoms with Crippen molar-refractivity contribution >= 4 is 11.6 Å². The van der Waals surface area contributed by atoms with Crippen LogP contribution in [0.4, 0.5) is 18.9 Å². The zero-order valence-corrected chi connectivity index (χ0v) is 8.52. The second-order valence-electron chi connectivity index (χ2n) is 2.93. The van der Waals surface area contributed by atoms with E-state index >= 15 is 0 Å². The van der Waals surface area contributed by atoms with Crippen LogP contribution >= 0.6 is 0 Å². The molecule has 0 aliphatic heterocycles. The molecule has 0 bridgehead atoms. The van der Waals surface area contributed by atoms with E-state index in [1.54, 1.807) is 6.92 Å². The predicted octanol–water partition coefficient (Wildman–Crippen LogP) is 2.08. The summed E-state index contributed by atoms with van der Waals surface area (Å²) >= 11 is 0. The van der Waals surface area contributed by atoms with Crippen molar-refractivity contribution in [1.82, 2.24) is 0 Å². The predicted molar refractivity (Wildman–Crippen MR) is 51.4 cm³/mol. The van der Waals surface area contributed by atoms with Gasteiger partial charge in [-0.2, -0.15) is 0 Å². The number of rotatable bonds is 4. The van der Waals surface area contributed by atoms with Crippen LogP contribution in [0.3, 0.4) is 0 Å². The Morgan fingerprint density at radius 2 is 1.88 bits per heavy atom. The molecule has 1 N–H and O–H groups in total. The Bertz CT molecular complexity index is 396. The van der Waals surface area contributed by atoms with Crippen molar-refractivity contribution in [2.24, 2.45) is 0 Å². The van der Waals surface area contributed by atoms with Crippen LogP contribution in [0.2, 0.25) is 0 Å². The molecule has 1 rings (SSSR count). The van der Waals surface area contributed by atoms with Crippen molar-refractivity contribution in [3.05, 3.63) is 29.6 Å². The van der Waals surface area contributed by atoms with Crippen molar-refractivity contribution in [3.63, 3.8) is 0 Å². The van der Waals surface area contributed by atoms with E-state index in [0.29, 0.717) is 18.7 Å². The molecule has 0 spiro atoms. The van der Waals surface area contributed by atoms with Gasteiger partial charge in [-0.25, -0.2) is 13.2 Å². The molecule has 3 nitrogen and oxygen atoms in total. The van der Waals surface area contributed by atoms with Crippen LogP contribution in [-0.2, 0) is 9.53 Å². The fourth-order valence-electron chi connectivity index (χ4n) is 0.999. The second kappa shape index (κ2) is 5.50. The number of carbonyl (C=O) groups excluding carboxylic acids is 1. The van der Waals surface area contributed by atoms with E-state index in [0.717, 1.165) is 0 Å². The molecule has 0 radical (unpaired) electrons. The zero-order chi connectivity index (χ0) is 12.1. The Morgan fingerprint density at radius 3 is 2.50 bits per heavy atom. The minimum absolute atomic E-state index is 0.269. The molecular weight excluding hydrogens is 223 g/mol. The fraction of sp³-hybridized carbons (Fsp3) is 0.300. The summed E-state index contributed by atoms with van der Waals surface area (Å²) < 4.78 is 43.1. The van der Waals surface area contributed by atoms with Gasteiger partial charge >= 0.3 is 0 Å². The SMILES string of the molecule is CCOCC(=O)Nc1cc(F)c(F)cc1F. The molecule has 1 aromatic carbocycles. The molecule has 0 unspecified atom stereocenters. The maximum absolute atomic E-state index is 13.1. The lowest BCUT2D eigenvalue weighted by atomic mass is 10.3. The van der Waals surface area contributed by atoms with Gasteiger partial charge in [0.25, 0.3) is 0 Å². The van der Waals surface area contributed by atoms with Gasteiger partial charge in [-0.1, -0.05) is 0 Å². The van der Waals surface area contributed by atoms with Crippen LogP contribution in [0.25, 0.3) is 0 Å². The van der Waals surface area contributed by atoms with Gasteiger partial charge in [-0.3, -0.25) is 4.79 Å². The first kappa shape index (κ1) is 12.5. The minimum Gasteiger partial charge on any atom is -0.372 e. The van der Waals surface area contributed by atoms with E-state index in [9.17, 15) is 18.0 Å². The van der Waals surface area contributed by atoms with Gasteiger partial charge < -0.3 is 10.1 Å². The lowest BCUT2D eigenvalue weighted by Crippen LogP contribution is -2.19. The number of halogens is 3. The normalized spacial score (nSPS) is 10.2. The van der Waals surface area contributed by atoms with E-state index in [-0.39, 0.29) is 6.61 Å². The molecule has 0 saturated heterocycles. The third kappa shape index (κ3) is 3.23. The van der Waals surface area contributed by atoms with Gasteiger partial charge in [0.15, 0.2) is 11.6 Å². The number of anilines is 1. The molecule has 0 aliphatic carbocycles. The molecule has 6 heteroatoms.